The fraction of sp³-hybridized carbons (Fsp3) is 0.125. The molecular weight excluding hydrogens is 268 g/mol. The van der Waals surface area contributed by atoms with Crippen LogP contribution < -0.4 is 5.69 Å². The molecule has 0 spiro atoms. The van der Waals surface area contributed by atoms with Crippen LogP contribution in [0.3, 0.4) is 0 Å². The first-order valence-corrected chi connectivity index (χ1v) is 6.61. The van der Waals surface area contributed by atoms with E-state index in [0.29, 0.717) is 11.0 Å². The number of fused-ring (bicyclic) bond motifs is 1. The van der Waals surface area contributed by atoms with Crippen molar-refractivity contribution >= 4 is 17.0 Å². The van der Waals surface area contributed by atoms with Crippen molar-refractivity contribution in [2.24, 2.45) is 0 Å². The summed E-state index contributed by atoms with van der Waals surface area (Å²) in [7, 11) is 0. The van der Waals surface area contributed by atoms with Crippen LogP contribution in [0.2, 0.25) is 0 Å². The third-order valence-electron chi connectivity index (χ3n) is 3.65. The van der Waals surface area contributed by atoms with Gasteiger partial charge in [0.2, 0.25) is 0 Å². The number of aromatic carboxylic acids is 1. The zero-order valence-electron chi connectivity index (χ0n) is 11.4. The van der Waals surface area contributed by atoms with E-state index in [2.05, 4.69) is 4.98 Å². The number of aromatic nitrogens is 2. The molecule has 1 aromatic heterocycles. The third-order valence-corrected chi connectivity index (χ3v) is 3.65. The van der Waals surface area contributed by atoms with Gasteiger partial charge in [-0.2, -0.15) is 0 Å². The van der Waals surface area contributed by atoms with Crippen LogP contribution >= 0.6 is 0 Å². The van der Waals surface area contributed by atoms with Gasteiger partial charge in [0, 0.05) is 0 Å². The van der Waals surface area contributed by atoms with Crippen LogP contribution in [0, 0.1) is 0 Å². The molecule has 0 saturated carbocycles. The Morgan fingerprint density at radius 3 is 2.52 bits per heavy atom. The second kappa shape index (κ2) is 4.94. The highest BCUT2D eigenvalue weighted by Crippen LogP contribution is 2.22. The maximum atomic E-state index is 12.2. The van der Waals surface area contributed by atoms with Crippen LogP contribution in [0.5, 0.6) is 0 Å². The van der Waals surface area contributed by atoms with Crippen LogP contribution in [-0.2, 0) is 0 Å². The fourth-order valence-electron chi connectivity index (χ4n) is 2.59. The largest absolute Gasteiger partial charge is 0.478 e. The lowest BCUT2D eigenvalue weighted by Gasteiger charge is -2.14. The van der Waals surface area contributed by atoms with Gasteiger partial charge in [0.05, 0.1) is 22.6 Å². The zero-order chi connectivity index (χ0) is 15.0. The Labute approximate surface area is 120 Å². The molecule has 0 amide bonds. The van der Waals surface area contributed by atoms with Gasteiger partial charge >= 0.3 is 11.7 Å². The monoisotopic (exact) mass is 282 g/mol. The number of aromatic amines is 1. The van der Waals surface area contributed by atoms with E-state index in [4.69, 9.17) is 0 Å². The van der Waals surface area contributed by atoms with Crippen LogP contribution in [0.4, 0.5) is 0 Å². The molecule has 0 aliphatic heterocycles. The Kier molecular flexibility index (Phi) is 3.10. The van der Waals surface area contributed by atoms with Gasteiger partial charge in [0.1, 0.15) is 0 Å². The van der Waals surface area contributed by atoms with Crippen LogP contribution in [0.15, 0.2) is 53.3 Å². The van der Waals surface area contributed by atoms with Crippen LogP contribution in [-0.4, -0.2) is 20.6 Å². The molecule has 2 aromatic carbocycles. The van der Waals surface area contributed by atoms with E-state index >= 15 is 0 Å². The minimum atomic E-state index is -1.05. The molecule has 3 rings (SSSR count). The topological polar surface area (TPSA) is 75.1 Å². The minimum absolute atomic E-state index is 0.101. The van der Waals surface area contributed by atoms with E-state index in [-0.39, 0.29) is 17.3 Å². The molecule has 0 aliphatic rings. The number of carboxylic acids is 1. The summed E-state index contributed by atoms with van der Waals surface area (Å²) in [6.45, 7) is 1.91. The van der Waals surface area contributed by atoms with Crippen molar-refractivity contribution in [3.63, 3.8) is 0 Å². The van der Waals surface area contributed by atoms with Gasteiger partial charge in [0.15, 0.2) is 0 Å². The highest BCUT2D eigenvalue weighted by molar-refractivity contribution is 6.00. The second-order valence-corrected chi connectivity index (χ2v) is 4.89. The predicted octanol–water partition coefficient (Wildman–Crippen LogP) is 2.64. The molecule has 1 heterocycles. The van der Waals surface area contributed by atoms with E-state index in [9.17, 15) is 14.7 Å². The molecule has 5 nitrogen and oxygen atoms in total. The molecular formula is C16H14N2O3. The Hall–Kier alpha value is -2.82. The number of H-pyrrole nitrogens is 1. The summed E-state index contributed by atoms with van der Waals surface area (Å²) in [6, 6.07) is 14.3. The minimum Gasteiger partial charge on any atom is -0.478 e. The fourth-order valence-corrected chi connectivity index (χ4v) is 2.59. The normalized spacial score (nSPS) is 12.4. The molecule has 3 aromatic rings. The van der Waals surface area contributed by atoms with Gasteiger partial charge in [-0.15, -0.1) is 0 Å². The van der Waals surface area contributed by atoms with Gasteiger partial charge in [0.25, 0.3) is 0 Å². The summed E-state index contributed by atoms with van der Waals surface area (Å²) in [5.74, 6) is -1.05. The van der Waals surface area contributed by atoms with Gasteiger partial charge in [-0.25, -0.2) is 9.59 Å². The van der Waals surface area contributed by atoms with Crippen molar-refractivity contribution in [1.29, 1.82) is 0 Å². The Morgan fingerprint density at radius 1 is 1.14 bits per heavy atom. The van der Waals surface area contributed by atoms with Crippen molar-refractivity contribution in [2.75, 3.05) is 0 Å². The first-order valence-electron chi connectivity index (χ1n) is 6.61. The smallest absolute Gasteiger partial charge is 0.337 e. The van der Waals surface area contributed by atoms with Gasteiger partial charge < -0.3 is 10.1 Å². The van der Waals surface area contributed by atoms with E-state index in [1.807, 2.05) is 37.3 Å². The van der Waals surface area contributed by atoms with Gasteiger partial charge in [-0.3, -0.25) is 4.57 Å². The van der Waals surface area contributed by atoms with Crippen molar-refractivity contribution in [3.8, 4) is 0 Å². The number of para-hydroxylation sites is 1. The third kappa shape index (κ3) is 2.12. The van der Waals surface area contributed by atoms with Crippen molar-refractivity contribution in [2.45, 2.75) is 13.0 Å². The Morgan fingerprint density at radius 2 is 1.86 bits per heavy atom. The number of hydrogen-bond donors (Lipinski definition) is 2. The zero-order valence-corrected chi connectivity index (χ0v) is 11.4. The van der Waals surface area contributed by atoms with Gasteiger partial charge in [-0.05, 0) is 24.6 Å². The SMILES string of the molecule is CC(c1ccccc1)n1c(=O)[nH]c2c(C(=O)O)cccc21. The van der Waals surface area contributed by atoms with Crippen molar-refractivity contribution in [3.05, 3.63) is 70.1 Å². The van der Waals surface area contributed by atoms with E-state index in [1.54, 1.807) is 16.7 Å². The molecule has 106 valence electrons. The molecule has 0 bridgehead atoms. The average Bonchev–Trinajstić information content (AvgIpc) is 2.82. The molecule has 2 N–H and O–H groups in total. The molecule has 0 fully saturated rings. The molecule has 0 aliphatic carbocycles. The average molecular weight is 282 g/mol. The molecule has 1 atom stereocenters. The number of nitrogens with zero attached hydrogens (tertiary/aromatic N) is 1. The lowest BCUT2D eigenvalue weighted by Crippen LogP contribution is -2.21. The number of imidazole rings is 1. The summed E-state index contributed by atoms with van der Waals surface area (Å²) < 4.78 is 1.58. The number of carbonyl (C=O) groups is 1. The lowest BCUT2D eigenvalue weighted by atomic mass is 10.1. The second-order valence-electron chi connectivity index (χ2n) is 4.89. The van der Waals surface area contributed by atoms with E-state index in [0.717, 1.165) is 5.56 Å². The number of nitrogens with one attached hydrogen (secondary N) is 1. The predicted molar refractivity (Wildman–Crippen MR) is 79.8 cm³/mol. The van der Waals surface area contributed by atoms with E-state index in [1.165, 1.54) is 6.07 Å². The summed E-state index contributed by atoms with van der Waals surface area (Å²) >= 11 is 0. The molecule has 0 saturated heterocycles. The Balaban J connectivity index is 2.25. The van der Waals surface area contributed by atoms with Crippen LogP contribution in [0.1, 0.15) is 28.9 Å². The maximum Gasteiger partial charge on any atom is 0.337 e. The number of carboxylic acid groups (broad SMARTS) is 1. The van der Waals surface area contributed by atoms with Crippen molar-refractivity contribution < 1.29 is 9.90 Å². The molecule has 0 radical (unpaired) electrons. The standard InChI is InChI=1S/C16H14N2O3/c1-10(11-6-3-2-4-7-11)18-13-9-5-8-12(15(19)20)14(13)17-16(18)21/h2-10H,1H3,(H,17,21)(H,19,20). The summed E-state index contributed by atoms with van der Waals surface area (Å²) in [6.07, 6.45) is 0. The van der Waals surface area contributed by atoms with Crippen molar-refractivity contribution in [1.82, 2.24) is 9.55 Å². The lowest BCUT2D eigenvalue weighted by molar-refractivity contribution is 0.0699. The molecule has 1 unspecified atom stereocenters. The summed E-state index contributed by atoms with van der Waals surface area (Å²) in [4.78, 5) is 26.1. The van der Waals surface area contributed by atoms with Gasteiger partial charge in [-0.1, -0.05) is 36.4 Å². The van der Waals surface area contributed by atoms with E-state index < -0.39 is 5.97 Å². The summed E-state index contributed by atoms with van der Waals surface area (Å²) in [5.41, 5.74) is 1.73. The number of benzene rings is 2. The van der Waals surface area contributed by atoms with Crippen LogP contribution in [0.25, 0.3) is 11.0 Å². The first kappa shape index (κ1) is 13.2. The maximum absolute atomic E-state index is 12.2. The first-order chi connectivity index (χ1) is 10.1. The molecule has 21 heavy (non-hydrogen) atoms. The highest BCUT2D eigenvalue weighted by atomic mass is 16.4. The highest BCUT2D eigenvalue weighted by Gasteiger charge is 2.18. The number of hydrogen-bond acceptors (Lipinski definition) is 2. The number of rotatable bonds is 3. The molecule has 5 heteroatoms. The quantitative estimate of drug-likeness (QED) is 0.775. The Bertz CT molecular complexity index is 862. The summed E-state index contributed by atoms with van der Waals surface area (Å²) in [5, 5.41) is 9.21.